The zero-order valence-corrected chi connectivity index (χ0v) is 12.3. The smallest absolute Gasteiger partial charge is 0.254 e. The predicted molar refractivity (Wildman–Crippen MR) is 82.3 cm³/mol. The fourth-order valence-corrected chi connectivity index (χ4v) is 3.16. The molecule has 20 heavy (non-hydrogen) atoms. The highest BCUT2D eigenvalue weighted by molar-refractivity contribution is 5.96. The van der Waals surface area contributed by atoms with Crippen molar-refractivity contribution in [2.45, 2.75) is 32.7 Å². The summed E-state index contributed by atoms with van der Waals surface area (Å²) in [7, 11) is 0. The van der Waals surface area contributed by atoms with Crippen LogP contribution in [0.1, 0.15) is 37.0 Å². The van der Waals surface area contributed by atoms with Crippen molar-refractivity contribution in [3.8, 4) is 0 Å². The van der Waals surface area contributed by atoms with Gasteiger partial charge in [-0.05, 0) is 43.9 Å². The van der Waals surface area contributed by atoms with Gasteiger partial charge < -0.3 is 15.5 Å². The molecule has 2 N–H and O–H groups in total. The van der Waals surface area contributed by atoms with Gasteiger partial charge in [-0.3, -0.25) is 4.79 Å². The Hall–Kier alpha value is -1.71. The van der Waals surface area contributed by atoms with E-state index in [0.717, 1.165) is 43.0 Å². The van der Waals surface area contributed by atoms with Gasteiger partial charge in [0.25, 0.3) is 5.91 Å². The summed E-state index contributed by atoms with van der Waals surface area (Å²) in [5, 5.41) is 6.68. The Kier molecular flexibility index (Phi) is 3.55. The standard InChI is InChI=1S/C16H23N3O/c1-11-4-3-9-19(12(11)2)16(20)13-5-6-14-15(10-13)18-8-7-17-14/h5-6,10-12,17-18H,3-4,7-9H2,1-2H3. The summed E-state index contributed by atoms with van der Waals surface area (Å²) in [6, 6.07) is 6.26. The topological polar surface area (TPSA) is 44.4 Å². The average molecular weight is 273 g/mol. The molecule has 2 unspecified atom stereocenters. The average Bonchev–Trinajstić information content (AvgIpc) is 2.49. The molecule has 0 bridgehead atoms. The van der Waals surface area contributed by atoms with Gasteiger partial charge in [-0.1, -0.05) is 6.92 Å². The molecule has 4 nitrogen and oxygen atoms in total. The van der Waals surface area contributed by atoms with Crippen molar-refractivity contribution >= 4 is 17.3 Å². The molecule has 0 saturated carbocycles. The summed E-state index contributed by atoms with van der Waals surface area (Å²) in [5.74, 6) is 0.754. The van der Waals surface area contributed by atoms with Crippen molar-refractivity contribution in [1.29, 1.82) is 0 Å². The summed E-state index contributed by atoms with van der Waals surface area (Å²) in [4.78, 5) is 14.8. The fraction of sp³-hybridized carbons (Fsp3) is 0.562. The van der Waals surface area contributed by atoms with E-state index in [1.165, 1.54) is 6.42 Å². The summed E-state index contributed by atoms with van der Waals surface area (Å²) in [6.45, 7) is 7.12. The lowest BCUT2D eigenvalue weighted by atomic mass is 9.91. The van der Waals surface area contributed by atoms with Gasteiger partial charge in [0.15, 0.2) is 0 Å². The van der Waals surface area contributed by atoms with Gasteiger partial charge in [-0.25, -0.2) is 0 Å². The summed E-state index contributed by atoms with van der Waals surface area (Å²) in [5.41, 5.74) is 2.92. The summed E-state index contributed by atoms with van der Waals surface area (Å²) < 4.78 is 0. The highest BCUT2D eigenvalue weighted by Gasteiger charge is 2.29. The third-order valence-electron chi connectivity index (χ3n) is 4.66. The normalized spacial score (nSPS) is 25.4. The molecule has 1 saturated heterocycles. The number of nitrogens with one attached hydrogen (secondary N) is 2. The zero-order chi connectivity index (χ0) is 14.1. The van der Waals surface area contributed by atoms with Crippen molar-refractivity contribution in [1.82, 2.24) is 4.90 Å². The minimum absolute atomic E-state index is 0.166. The van der Waals surface area contributed by atoms with Gasteiger partial charge in [-0.2, -0.15) is 0 Å². The lowest BCUT2D eigenvalue weighted by Crippen LogP contribution is -2.46. The molecule has 1 aromatic rings. The van der Waals surface area contributed by atoms with E-state index in [2.05, 4.69) is 24.5 Å². The van der Waals surface area contributed by atoms with Crippen LogP contribution < -0.4 is 10.6 Å². The van der Waals surface area contributed by atoms with E-state index in [4.69, 9.17) is 0 Å². The van der Waals surface area contributed by atoms with Crippen LogP contribution in [0.2, 0.25) is 0 Å². The fourth-order valence-electron chi connectivity index (χ4n) is 3.16. The number of nitrogens with zero attached hydrogens (tertiary/aromatic N) is 1. The number of likely N-dealkylation sites (tertiary alicyclic amines) is 1. The first kappa shape index (κ1) is 13.3. The Bertz CT molecular complexity index is 514. The van der Waals surface area contributed by atoms with E-state index in [1.807, 2.05) is 23.1 Å². The molecule has 1 amide bonds. The molecule has 0 aliphatic carbocycles. The highest BCUT2D eigenvalue weighted by Crippen LogP contribution is 2.28. The van der Waals surface area contributed by atoms with E-state index in [1.54, 1.807) is 0 Å². The first-order valence-corrected chi connectivity index (χ1v) is 7.59. The third-order valence-corrected chi connectivity index (χ3v) is 4.66. The van der Waals surface area contributed by atoms with Crippen LogP contribution in [0.3, 0.4) is 0 Å². The molecule has 0 spiro atoms. The predicted octanol–water partition coefficient (Wildman–Crippen LogP) is 2.78. The summed E-state index contributed by atoms with van der Waals surface area (Å²) in [6.07, 6.45) is 2.34. The van der Waals surface area contributed by atoms with Crippen molar-refractivity contribution < 1.29 is 4.79 Å². The number of piperidine rings is 1. The minimum Gasteiger partial charge on any atom is -0.382 e. The molecule has 0 aromatic heterocycles. The number of benzene rings is 1. The zero-order valence-electron chi connectivity index (χ0n) is 12.3. The van der Waals surface area contributed by atoms with Crippen molar-refractivity contribution in [3.05, 3.63) is 23.8 Å². The van der Waals surface area contributed by atoms with Crippen LogP contribution in [0.4, 0.5) is 11.4 Å². The maximum absolute atomic E-state index is 12.7. The molecule has 2 heterocycles. The van der Waals surface area contributed by atoms with Crippen molar-refractivity contribution in [3.63, 3.8) is 0 Å². The van der Waals surface area contributed by atoms with E-state index in [-0.39, 0.29) is 5.91 Å². The largest absolute Gasteiger partial charge is 0.382 e. The molecular weight excluding hydrogens is 250 g/mol. The maximum atomic E-state index is 12.7. The van der Waals surface area contributed by atoms with Crippen molar-refractivity contribution in [2.75, 3.05) is 30.3 Å². The number of rotatable bonds is 1. The molecule has 1 fully saturated rings. The van der Waals surface area contributed by atoms with Gasteiger partial charge in [0.2, 0.25) is 0 Å². The third kappa shape index (κ3) is 2.35. The summed E-state index contributed by atoms with van der Waals surface area (Å²) >= 11 is 0. The molecule has 2 atom stereocenters. The van der Waals surface area contributed by atoms with E-state index < -0.39 is 0 Å². The maximum Gasteiger partial charge on any atom is 0.254 e. The molecular formula is C16H23N3O. The first-order chi connectivity index (χ1) is 9.66. The number of hydrogen-bond donors (Lipinski definition) is 2. The van der Waals surface area contributed by atoms with Crippen LogP contribution in [0.25, 0.3) is 0 Å². The minimum atomic E-state index is 0.166. The van der Waals surface area contributed by atoms with Gasteiger partial charge in [-0.15, -0.1) is 0 Å². The molecule has 0 radical (unpaired) electrons. The molecule has 3 rings (SSSR count). The second kappa shape index (κ2) is 5.35. The molecule has 1 aromatic carbocycles. The number of anilines is 2. The monoisotopic (exact) mass is 273 g/mol. The molecule has 4 heteroatoms. The quantitative estimate of drug-likeness (QED) is 0.827. The second-order valence-electron chi connectivity index (χ2n) is 5.97. The van der Waals surface area contributed by atoms with Crippen LogP contribution in [0, 0.1) is 5.92 Å². The van der Waals surface area contributed by atoms with E-state index in [0.29, 0.717) is 12.0 Å². The Labute approximate surface area is 120 Å². The number of fused-ring (bicyclic) bond motifs is 1. The van der Waals surface area contributed by atoms with Gasteiger partial charge in [0.1, 0.15) is 0 Å². The lowest BCUT2D eigenvalue weighted by Gasteiger charge is -2.38. The Balaban J connectivity index is 1.83. The molecule has 2 aliphatic heterocycles. The van der Waals surface area contributed by atoms with E-state index >= 15 is 0 Å². The SMILES string of the molecule is CC1CCCN(C(=O)c2ccc3c(c2)NCCN3)C1C. The van der Waals surface area contributed by atoms with Crippen LogP contribution in [-0.4, -0.2) is 36.5 Å². The number of hydrogen-bond acceptors (Lipinski definition) is 3. The number of carbonyl (C=O) groups is 1. The van der Waals surface area contributed by atoms with Crippen LogP contribution in [0.5, 0.6) is 0 Å². The first-order valence-electron chi connectivity index (χ1n) is 7.59. The van der Waals surface area contributed by atoms with Crippen LogP contribution in [0.15, 0.2) is 18.2 Å². The van der Waals surface area contributed by atoms with E-state index in [9.17, 15) is 4.79 Å². The molecule has 108 valence electrons. The molecule has 2 aliphatic rings. The van der Waals surface area contributed by atoms with Crippen molar-refractivity contribution in [2.24, 2.45) is 5.92 Å². The Morgan fingerprint density at radius 2 is 1.95 bits per heavy atom. The second-order valence-corrected chi connectivity index (χ2v) is 5.97. The lowest BCUT2D eigenvalue weighted by molar-refractivity contribution is 0.0551. The van der Waals surface area contributed by atoms with Gasteiger partial charge >= 0.3 is 0 Å². The van der Waals surface area contributed by atoms with Gasteiger partial charge in [0.05, 0.1) is 11.4 Å². The Morgan fingerprint density at radius 3 is 2.75 bits per heavy atom. The number of carbonyl (C=O) groups excluding carboxylic acids is 1. The number of amides is 1. The van der Waals surface area contributed by atoms with Crippen LogP contribution in [-0.2, 0) is 0 Å². The highest BCUT2D eigenvalue weighted by atomic mass is 16.2. The Morgan fingerprint density at radius 1 is 1.20 bits per heavy atom. The van der Waals surface area contributed by atoms with Gasteiger partial charge in [0, 0.05) is 31.2 Å². The van der Waals surface area contributed by atoms with Crippen LogP contribution >= 0.6 is 0 Å².